The standard InChI is InChI=1S/C17H19N3O5S/c1-3-25-16-11(20(22)23)7-9(8-13(16)24-2)15-14-10(18-17(26)19-15)5-4-6-12(14)21/h7-8,15H,3-6H2,1-2H3,(H2,18,19,26). The van der Waals surface area contributed by atoms with Crippen LogP contribution in [-0.4, -0.2) is 29.5 Å². The molecule has 0 aromatic heterocycles. The second-order valence-corrected chi connectivity index (χ2v) is 6.37. The predicted octanol–water partition coefficient (Wildman–Crippen LogP) is 2.53. The Morgan fingerprint density at radius 1 is 1.38 bits per heavy atom. The topological polar surface area (TPSA) is 103 Å². The molecule has 0 spiro atoms. The molecular weight excluding hydrogens is 358 g/mol. The lowest BCUT2D eigenvalue weighted by Crippen LogP contribution is -2.46. The molecule has 1 aromatic rings. The average molecular weight is 377 g/mol. The minimum Gasteiger partial charge on any atom is -0.493 e. The summed E-state index contributed by atoms with van der Waals surface area (Å²) in [5.41, 5.74) is 1.68. The summed E-state index contributed by atoms with van der Waals surface area (Å²) in [6, 6.07) is 2.50. The molecule has 3 rings (SSSR count). The lowest BCUT2D eigenvalue weighted by molar-refractivity contribution is -0.386. The van der Waals surface area contributed by atoms with E-state index in [2.05, 4.69) is 10.6 Å². The first-order chi connectivity index (χ1) is 12.5. The van der Waals surface area contributed by atoms with Gasteiger partial charge in [0.25, 0.3) is 0 Å². The zero-order valence-electron chi connectivity index (χ0n) is 14.5. The number of ketones is 1. The van der Waals surface area contributed by atoms with Crippen LogP contribution in [0.2, 0.25) is 0 Å². The minimum absolute atomic E-state index is 0.00857. The van der Waals surface area contributed by atoms with Crippen LogP contribution in [0.4, 0.5) is 5.69 Å². The lowest BCUT2D eigenvalue weighted by Gasteiger charge is -2.33. The van der Waals surface area contributed by atoms with Crippen molar-refractivity contribution in [1.29, 1.82) is 0 Å². The molecule has 0 saturated heterocycles. The van der Waals surface area contributed by atoms with E-state index in [1.165, 1.54) is 13.2 Å². The van der Waals surface area contributed by atoms with Crippen LogP contribution in [0, 0.1) is 10.1 Å². The van der Waals surface area contributed by atoms with Crippen LogP contribution in [-0.2, 0) is 4.79 Å². The van der Waals surface area contributed by atoms with E-state index < -0.39 is 11.0 Å². The Morgan fingerprint density at radius 3 is 2.81 bits per heavy atom. The number of benzene rings is 1. The third kappa shape index (κ3) is 3.22. The van der Waals surface area contributed by atoms with Gasteiger partial charge in [0.2, 0.25) is 5.75 Å². The summed E-state index contributed by atoms with van der Waals surface area (Å²) in [7, 11) is 1.42. The van der Waals surface area contributed by atoms with Gasteiger partial charge in [-0.1, -0.05) is 0 Å². The highest BCUT2D eigenvalue weighted by Gasteiger charge is 2.35. The number of ether oxygens (including phenoxy) is 2. The van der Waals surface area contributed by atoms with Crippen molar-refractivity contribution in [2.45, 2.75) is 32.2 Å². The van der Waals surface area contributed by atoms with Gasteiger partial charge >= 0.3 is 5.69 Å². The van der Waals surface area contributed by atoms with E-state index in [0.29, 0.717) is 22.7 Å². The monoisotopic (exact) mass is 377 g/mol. The van der Waals surface area contributed by atoms with E-state index in [1.54, 1.807) is 13.0 Å². The molecule has 1 unspecified atom stereocenters. The molecular formula is C17H19N3O5S. The molecule has 9 heteroatoms. The molecule has 1 aromatic carbocycles. The number of nitro groups is 1. The van der Waals surface area contributed by atoms with E-state index in [0.717, 1.165) is 18.5 Å². The Hall–Kier alpha value is -2.68. The number of thiocarbonyl (C=S) groups is 1. The first-order valence-electron chi connectivity index (χ1n) is 8.29. The number of Topliss-reactive ketones (excluding diaryl/α,β-unsaturated/α-hetero) is 1. The Bertz CT molecular complexity index is 821. The van der Waals surface area contributed by atoms with Crippen LogP contribution in [0.5, 0.6) is 11.5 Å². The number of nitrogens with one attached hydrogen (secondary N) is 2. The number of nitrogens with zero attached hydrogens (tertiary/aromatic N) is 1. The summed E-state index contributed by atoms with van der Waals surface area (Å²) in [5.74, 6) is 0.325. The van der Waals surface area contributed by atoms with Gasteiger partial charge in [-0.15, -0.1) is 0 Å². The molecule has 138 valence electrons. The average Bonchev–Trinajstić information content (AvgIpc) is 2.61. The molecule has 0 fully saturated rings. The first-order valence-corrected chi connectivity index (χ1v) is 8.70. The van der Waals surface area contributed by atoms with Crippen LogP contribution in [0.15, 0.2) is 23.4 Å². The quantitative estimate of drug-likeness (QED) is 0.458. The second-order valence-electron chi connectivity index (χ2n) is 5.96. The molecule has 1 aliphatic heterocycles. The number of hydrogen-bond acceptors (Lipinski definition) is 6. The fraction of sp³-hybridized carbons (Fsp3) is 0.412. The number of methoxy groups -OCH3 is 1. The zero-order chi connectivity index (χ0) is 18.8. The van der Waals surface area contributed by atoms with E-state index in [4.69, 9.17) is 21.7 Å². The Kier molecular flexibility index (Phi) is 5.08. The fourth-order valence-electron chi connectivity index (χ4n) is 3.31. The highest BCUT2D eigenvalue weighted by atomic mass is 32.1. The van der Waals surface area contributed by atoms with Crippen LogP contribution < -0.4 is 20.1 Å². The second kappa shape index (κ2) is 7.28. The zero-order valence-corrected chi connectivity index (χ0v) is 15.3. The number of hydrogen-bond donors (Lipinski definition) is 2. The van der Waals surface area contributed by atoms with E-state index in [9.17, 15) is 14.9 Å². The molecule has 8 nitrogen and oxygen atoms in total. The fourth-order valence-corrected chi connectivity index (χ4v) is 3.55. The largest absolute Gasteiger partial charge is 0.493 e. The molecule has 1 heterocycles. The third-order valence-electron chi connectivity index (χ3n) is 4.38. The Balaban J connectivity index is 2.16. The van der Waals surface area contributed by atoms with Crippen molar-refractivity contribution in [2.24, 2.45) is 0 Å². The SMILES string of the molecule is CCOc1c(OC)cc(C2NC(=S)NC3=C2C(=O)CCC3)cc1[N+](=O)[O-]. The van der Waals surface area contributed by atoms with Gasteiger partial charge in [0, 0.05) is 23.8 Å². The van der Waals surface area contributed by atoms with Crippen molar-refractivity contribution in [2.75, 3.05) is 13.7 Å². The molecule has 0 radical (unpaired) electrons. The number of allylic oxidation sites excluding steroid dienone is 1. The maximum atomic E-state index is 12.5. The van der Waals surface area contributed by atoms with Gasteiger partial charge in [0.15, 0.2) is 16.6 Å². The van der Waals surface area contributed by atoms with Gasteiger partial charge in [0.05, 0.1) is 24.7 Å². The van der Waals surface area contributed by atoms with Crippen LogP contribution in [0.25, 0.3) is 0 Å². The summed E-state index contributed by atoms with van der Waals surface area (Å²) in [5, 5.41) is 18.0. The smallest absolute Gasteiger partial charge is 0.315 e. The highest BCUT2D eigenvalue weighted by Crippen LogP contribution is 2.42. The van der Waals surface area contributed by atoms with Gasteiger partial charge in [-0.2, -0.15) is 0 Å². The number of nitro benzene ring substituents is 1. The molecule has 0 bridgehead atoms. The van der Waals surface area contributed by atoms with Crippen molar-refractivity contribution < 1.29 is 19.2 Å². The lowest BCUT2D eigenvalue weighted by atomic mass is 9.85. The molecule has 0 saturated carbocycles. The third-order valence-corrected chi connectivity index (χ3v) is 4.60. The van der Waals surface area contributed by atoms with Crippen molar-refractivity contribution in [3.05, 3.63) is 39.1 Å². The van der Waals surface area contributed by atoms with Crippen molar-refractivity contribution in [3.63, 3.8) is 0 Å². The van der Waals surface area contributed by atoms with Crippen molar-refractivity contribution in [1.82, 2.24) is 10.6 Å². The number of carbonyl (C=O) groups excluding carboxylic acids is 1. The first kappa shape index (κ1) is 18.1. The molecule has 1 aliphatic carbocycles. The van der Waals surface area contributed by atoms with E-state index in [1.807, 2.05) is 0 Å². The number of carbonyl (C=O) groups is 1. The molecule has 26 heavy (non-hydrogen) atoms. The van der Waals surface area contributed by atoms with Crippen LogP contribution >= 0.6 is 12.2 Å². The molecule has 2 aliphatic rings. The Morgan fingerprint density at radius 2 is 2.15 bits per heavy atom. The predicted molar refractivity (Wildman–Crippen MR) is 98.3 cm³/mol. The summed E-state index contributed by atoms with van der Waals surface area (Å²) in [4.78, 5) is 23.5. The number of rotatable bonds is 5. The van der Waals surface area contributed by atoms with Gasteiger partial charge in [0.1, 0.15) is 0 Å². The van der Waals surface area contributed by atoms with Crippen LogP contribution in [0.1, 0.15) is 37.8 Å². The van der Waals surface area contributed by atoms with Crippen molar-refractivity contribution >= 4 is 28.8 Å². The van der Waals surface area contributed by atoms with Gasteiger partial charge in [-0.25, -0.2) is 0 Å². The van der Waals surface area contributed by atoms with Crippen LogP contribution in [0.3, 0.4) is 0 Å². The highest BCUT2D eigenvalue weighted by molar-refractivity contribution is 7.80. The summed E-state index contributed by atoms with van der Waals surface area (Å²) >= 11 is 5.25. The van der Waals surface area contributed by atoms with E-state index in [-0.39, 0.29) is 29.6 Å². The minimum atomic E-state index is -0.560. The molecule has 2 N–H and O–H groups in total. The maximum absolute atomic E-state index is 12.5. The molecule has 0 amide bonds. The molecule has 1 atom stereocenters. The van der Waals surface area contributed by atoms with Crippen molar-refractivity contribution in [3.8, 4) is 11.5 Å². The summed E-state index contributed by atoms with van der Waals surface area (Å²) in [6.07, 6.45) is 1.92. The van der Waals surface area contributed by atoms with Gasteiger partial charge in [-0.3, -0.25) is 14.9 Å². The van der Waals surface area contributed by atoms with E-state index >= 15 is 0 Å². The van der Waals surface area contributed by atoms with Gasteiger partial charge in [-0.05, 0) is 43.6 Å². The normalized spacial score (nSPS) is 19.4. The van der Waals surface area contributed by atoms with Gasteiger partial charge < -0.3 is 20.1 Å². The summed E-state index contributed by atoms with van der Waals surface area (Å²) < 4.78 is 10.7. The summed E-state index contributed by atoms with van der Waals surface area (Å²) in [6.45, 7) is 2.00. The Labute approximate surface area is 155 Å². The maximum Gasteiger partial charge on any atom is 0.315 e.